The van der Waals surface area contributed by atoms with Crippen LogP contribution in [0.4, 0.5) is 0 Å². The topological polar surface area (TPSA) is 3.24 Å². The van der Waals surface area contributed by atoms with Gasteiger partial charge in [-0.25, -0.2) is 0 Å². The van der Waals surface area contributed by atoms with Crippen LogP contribution in [0.5, 0.6) is 0 Å². The molecule has 0 radical (unpaired) electrons. The summed E-state index contributed by atoms with van der Waals surface area (Å²) in [6.07, 6.45) is 4.30. The molecule has 1 aromatic rings. The number of rotatable bonds is 3. The van der Waals surface area contributed by atoms with E-state index in [0.29, 0.717) is 0 Å². The Balaban J connectivity index is 1.61. The predicted octanol–water partition coefficient (Wildman–Crippen LogP) is 3.52. The van der Waals surface area contributed by atoms with Gasteiger partial charge in [0.05, 0.1) is 0 Å². The van der Waals surface area contributed by atoms with Crippen LogP contribution in [0.25, 0.3) is 0 Å². The van der Waals surface area contributed by atoms with E-state index in [1.54, 1.807) is 5.56 Å². The van der Waals surface area contributed by atoms with Crippen LogP contribution >= 0.6 is 0 Å². The van der Waals surface area contributed by atoms with Crippen molar-refractivity contribution in [3.63, 3.8) is 0 Å². The lowest BCUT2D eigenvalue weighted by Gasteiger charge is -2.37. The summed E-state index contributed by atoms with van der Waals surface area (Å²) in [5.74, 6) is 2.63. The van der Waals surface area contributed by atoms with Crippen LogP contribution in [0.2, 0.25) is 0 Å². The Morgan fingerprint density at radius 3 is 2.53 bits per heavy atom. The molecule has 1 heterocycles. The van der Waals surface area contributed by atoms with Crippen molar-refractivity contribution in [2.45, 2.75) is 32.1 Å². The second kappa shape index (κ2) is 4.81. The summed E-state index contributed by atoms with van der Waals surface area (Å²) < 4.78 is 0. The van der Waals surface area contributed by atoms with Gasteiger partial charge in [0.15, 0.2) is 0 Å². The minimum Gasteiger partial charge on any atom is -0.303 e. The normalized spacial score (nSPS) is 30.4. The van der Waals surface area contributed by atoms with Crippen LogP contribution < -0.4 is 0 Å². The number of likely N-dealkylation sites (tertiary alicyclic amines) is 1. The van der Waals surface area contributed by atoms with Gasteiger partial charge in [-0.05, 0) is 49.1 Å². The molecule has 92 valence electrons. The number of piperidine rings is 1. The van der Waals surface area contributed by atoms with Crippen molar-refractivity contribution in [1.82, 2.24) is 4.90 Å². The summed E-state index contributed by atoms with van der Waals surface area (Å²) >= 11 is 0. The highest BCUT2D eigenvalue weighted by atomic mass is 15.1. The van der Waals surface area contributed by atoms with Crippen LogP contribution in [0.1, 0.15) is 37.7 Å². The second-order valence-corrected chi connectivity index (χ2v) is 5.99. The standard InChI is InChI=1S/C16H23N/c1-13-11-17(12-14-7-8-14)10-9-16(13)15-5-3-2-4-6-15/h2-6,13-14,16H,7-12H2,1H3/t13-,16?/m0/s1. The van der Waals surface area contributed by atoms with Gasteiger partial charge in [-0.15, -0.1) is 0 Å². The molecule has 1 heteroatoms. The van der Waals surface area contributed by atoms with Crippen LogP contribution in [-0.2, 0) is 0 Å². The zero-order valence-electron chi connectivity index (χ0n) is 10.8. The SMILES string of the molecule is C[C@H]1CN(CC2CC2)CCC1c1ccccc1. The minimum absolute atomic E-state index is 0.784. The highest BCUT2D eigenvalue weighted by Gasteiger charge is 2.30. The molecule has 0 spiro atoms. The van der Waals surface area contributed by atoms with Gasteiger partial charge >= 0.3 is 0 Å². The van der Waals surface area contributed by atoms with Crippen molar-refractivity contribution in [2.24, 2.45) is 11.8 Å². The Hall–Kier alpha value is -0.820. The Morgan fingerprint density at radius 2 is 1.88 bits per heavy atom. The molecule has 1 saturated heterocycles. The van der Waals surface area contributed by atoms with E-state index < -0.39 is 0 Å². The fourth-order valence-corrected chi connectivity index (χ4v) is 3.26. The predicted molar refractivity (Wildman–Crippen MR) is 72.1 cm³/mol. The number of hydrogen-bond acceptors (Lipinski definition) is 1. The van der Waals surface area contributed by atoms with Gasteiger partial charge in [0.2, 0.25) is 0 Å². The van der Waals surface area contributed by atoms with Gasteiger partial charge in [0.25, 0.3) is 0 Å². The molecule has 0 amide bonds. The van der Waals surface area contributed by atoms with Gasteiger partial charge < -0.3 is 4.90 Å². The van der Waals surface area contributed by atoms with Crippen LogP contribution in [0.3, 0.4) is 0 Å². The largest absolute Gasteiger partial charge is 0.303 e. The summed E-state index contributed by atoms with van der Waals surface area (Å²) in [5, 5.41) is 0. The van der Waals surface area contributed by atoms with Crippen LogP contribution in [0, 0.1) is 11.8 Å². The summed E-state index contributed by atoms with van der Waals surface area (Å²) in [6.45, 7) is 6.40. The molecule has 17 heavy (non-hydrogen) atoms. The Morgan fingerprint density at radius 1 is 1.12 bits per heavy atom. The molecule has 1 aromatic carbocycles. The highest BCUT2D eigenvalue weighted by molar-refractivity contribution is 5.21. The highest BCUT2D eigenvalue weighted by Crippen LogP contribution is 2.35. The quantitative estimate of drug-likeness (QED) is 0.766. The first-order valence-corrected chi connectivity index (χ1v) is 7.10. The molecule has 1 aliphatic carbocycles. The van der Waals surface area contributed by atoms with Gasteiger partial charge in [-0.1, -0.05) is 37.3 Å². The molecule has 1 unspecified atom stereocenters. The third-order valence-electron chi connectivity index (χ3n) is 4.43. The van der Waals surface area contributed by atoms with Crippen LogP contribution in [0.15, 0.2) is 30.3 Å². The van der Waals surface area contributed by atoms with Gasteiger partial charge in [-0.3, -0.25) is 0 Å². The second-order valence-electron chi connectivity index (χ2n) is 5.99. The Labute approximate surface area is 105 Å². The average Bonchev–Trinajstić information content (AvgIpc) is 3.14. The van der Waals surface area contributed by atoms with E-state index in [1.807, 2.05) is 0 Å². The first-order valence-electron chi connectivity index (χ1n) is 7.10. The van der Waals surface area contributed by atoms with E-state index >= 15 is 0 Å². The molecule has 1 nitrogen and oxygen atoms in total. The van der Waals surface area contributed by atoms with Gasteiger partial charge in [0.1, 0.15) is 0 Å². The van der Waals surface area contributed by atoms with Crippen molar-refractivity contribution in [1.29, 1.82) is 0 Å². The first-order chi connectivity index (χ1) is 8.33. The maximum Gasteiger partial charge on any atom is 0.00130 e. The Bertz CT molecular complexity index is 355. The molecule has 1 saturated carbocycles. The van der Waals surface area contributed by atoms with Crippen molar-refractivity contribution >= 4 is 0 Å². The van der Waals surface area contributed by atoms with Crippen molar-refractivity contribution in [2.75, 3.05) is 19.6 Å². The molecular formula is C16H23N. The molecule has 2 aliphatic rings. The van der Waals surface area contributed by atoms with Crippen molar-refractivity contribution in [3.8, 4) is 0 Å². The van der Waals surface area contributed by atoms with E-state index in [-0.39, 0.29) is 0 Å². The van der Waals surface area contributed by atoms with E-state index in [1.165, 1.54) is 38.9 Å². The van der Waals surface area contributed by atoms with E-state index in [9.17, 15) is 0 Å². The molecule has 0 bridgehead atoms. The summed E-state index contributed by atoms with van der Waals surface area (Å²) in [4.78, 5) is 2.70. The third-order valence-corrected chi connectivity index (χ3v) is 4.43. The Kier molecular flexibility index (Phi) is 3.19. The average molecular weight is 229 g/mol. The third kappa shape index (κ3) is 2.71. The summed E-state index contributed by atoms with van der Waals surface area (Å²) in [7, 11) is 0. The first kappa shape index (κ1) is 11.3. The maximum absolute atomic E-state index is 2.70. The van der Waals surface area contributed by atoms with E-state index in [4.69, 9.17) is 0 Å². The lowest BCUT2D eigenvalue weighted by Crippen LogP contribution is -2.39. The number of nitrogens with zero attached hydrogens (tertiary/aromatic N) is 1. The monoisotopic (exact) mass is 229 g/mol. The molecule has 3 rings (SSSR count). The molecular weight excluding hydrogens is 206 g/mol. The lowest BCUT2D eigenvalue weighted by molar-refractivity contribution is 0.157. The number of benzene rings is 1. The minimum atomic E-state index is 0.784. The number of hydrogen-bond donors (Lipinski definition) is 0. The van der Waals surface area contributed by atoms with E-state index in [2.05, 4.69) is 42.2 Å². The molecule has 2 atom stereocenters. The molecule has 0 N–H and O–H groups in total. The fraction of sp³-hybridized carbons (Fsp3) is 0.625. The molecule has 0 aromatic heterocycles. The van der Waals surface area contributed by atoms with Crippen molar-refractivity contribution < 1.29 is 0 Å². The van der Waals surface area contributed by atoms with Crippen LogP contribution in [-0.4, -0.2) is 24.5 Å². The maximum atomic E-state index is 2.70. The zero-order chi connectivity index (χ0) is 11.7. The summed E-state index contributed by atoms with van der Waals surface area (Å²) in [5.41, 5.74) is 1.55. The lowest BCUT2D eigenvalue weighted by atomic mass is 9.81. The van der Waals surface area contributed by atoms with Gasteiger partial charge in [0, 0.05) is 13.1 Å². The smallest absolute Gasteiger partial charge is 0.00130 e. The zero-order valence-corrected chi connectivity index (χ0v) is 10.8. The molecule has 1 aliphatic heterocycles. The fourth-order valence-electron chi connectivity index (χ4n) is 3.26. The van der Waals surface area contributed by atoms with Gasteiger partial charge in [-0.2, -0.15) is 0 Å². The van der Waals surface area contributed by atoms with E-state index in [0.717, 1.165) is 17.8 Å². The van der Waals surface area contributed by atoms with Crippen molar-refractivity contribution in [3.05, 3.63) is 35.9 Å². The summed E-state index contributed by atoms with van der Waals surface area (Å²) in [6, 6.07) is 11.1. The molecule has 2 fully saturated rings.